The molecule has 1 N–H and O–H groups in total. The van der Waals surface area contributed by atoms with Gasteiger partial charge < -0.3 is 10.2 Å². The van der Waals surface area contributed by atoms with Crippen LogP contribution in [0.1, 0.15) is 45.1 Å². The average Bonchev–Trinajstić information content (AvgIpc) is 3.55. The number of nitrogens with one attached hydrogen (secondary N) is 1. The summed E-state index contributed by atoms with van der Waals surface area (Å²) in [6, 6.07) is 4.98. The van der Waals surface area contributed by atoms with E-state index >= 15 is 0 Å². The maximum Gasteiger partial charge on any atom is 0.243 e. The molecule has 160 valence electrons. The number of anilines is 1. The number of likely N-dealkylation sites (tertiary alicyclic amines) is 1. The van der Waals surface area contributed by atoms with Crippen LogP contribution < -0.4 is 5.32 Å². The molecule has 3 rings (SSSR count). The number of rotatable bonds is 7. The fourth-order valence-corrected chi connectivity index (χ4v) is 5.59. The Kier molecular flexibility index (Phi) is 6.63. The summed E-state index contributed by atoms with van der Waals surface area (Å²) < 4.78 is 27.2. The first-order chi connectivity index (χ1) is 13.8. The maximum atomic E-state index is 12.9. The average molecular weight is 422 g/mol. The summed E-state index contributed by atoms with van der Waals surface area (Å²) in [5.41, 5.74) is 1.12. The Morgan fingerprint density at radius 3 is 2.45 bits per heavy atom. The topological polar surface area (TPSA) is 86.8 Å². The Bertz CT molecular complexity index is 876. The van der Waals surface area contributed by atoms with Gasteiger partial charge >= 0.3 is 0 Å². The highest BCUT2D eigenvalue weighted by molar-refractivity contribution is 7.89. The van der Waals surface area contributed by atoms with E-state index in [-0.39, 0.29) is 28.5 Å². The Hall–Kier alpha value is -1.93. The second-order valence-electron chi connectivity index (χ2n) is 7.96. The molecule has 1 aromatic carbocycles. The molecule has 0 aromatic heterocycles. The van der Waals surface area contributed by atoms with Gasteiger partial charge in [0.05, 0.1) is 10.8 Å². The quantitative estimate of drug-likeness (QED) is 0.733. The van der Waals surface area contributed by atoms with Crippen molar-refractivity contribution < 1.29 is 18.0 Å². The minimum Gasteiger partial charge on any atom is -0.342 e. The van der Waals surface area contributed by atoms with Crippen molar-refractivity contribution in [3.8, 4) is 0 Å². The third-order valence-corrected chi connectivity index (χ3v) is 8.00. The summed E-state index contributed by atoms with van der Waals surface area (Å²) >= 11 is 0. The number of sulfonamides is 1. The van der Waals surface area contributed by atoms with Crippen molar-refractivity contribution in [2.24, 2.45) is 11.8 Å². The lowest BCUT2D eigenvalue weighted by Crippen LogP contribution is -2.44. The van der Waals surface area contributed by atoms with Gasteiger partial charge in [-0.05, 0) is 50.3 Å². The van der Waals surface area contributed by atoms with Crippen molar-refractivity contribution >= 4 is 27.5 Å². The summed E-state index contributed by atoms with van der Waals surface area (Å²) in [5.74, 6) is -0.101. The third kappa shape index (κ3) is 4.80. The van der Waals surface area contributed by atoms with E-state index in [4.69, 9.17) is 0 Å². The molecule has 7 nitrogen and oxygen atoms in total. The lowest BCUT2D eigenvalue weighted by molar-refractivity contribution is -0.135. The molecule has 0 spiro atoms. The summed E-state index contributed by atoms with van der Waals surface area (Å²) in [7, 11) is -3.61. The monoisotopic (exact) mass is 421 g/mol. The number of piperidine rings is 1. The molecule has 1 aromatic rings. The lowest BCUT2D eigenvalue weighted by atomic mass is 9.96. The van der Waals surface area contributed by atoms with Gasteiger partial charge in [0, 0.05) is 37.8 Å². The molecule has 2 fully saturated rings. The molecule has 8 heteroatoms. The standard InChI is InChI=1S/C21H31N3O4S/c1-4-24(5-2)29(27,28)19-13-18(11-8-15(19)3)22-20(25)17-7-6-12-23(14-17)21(26)16-9-10-16/h8,11,13,16-17H,4-7,9-10,12,14H2,1-3H3,(H,22,25). The number of hydrogen-bond donors (Lipinski definition) is 1. The summed E-state index contributed by atoms with van der Waals surface area (Å²) in [4.78, 5) is 27.2. The van der Waals surface area contributed by atoms with Gasteiger partial charge in [-0.3, -0.25) is 9.59 Å². The molecule has 1 atom stereocenters. The normalized spacial score (nSPS) is 20.0. The van der Waals surface area contributed by atoms with Crippen LogP contribution in [0.3, 0.4) is 0 Å². The molecular weight excluding hydrogens is 390 g/mol. The molecule has 0 radical (unpaired) electrons. The number of carbonyl (C=O) groups is 2. The first-order valence-corrected chi connectivity index (χ1v) is 11.9. The molecule has 1 heterocycles. The second-order valence-corrected chi connectivity index (χ2v) is 9.86. The van der Waals surface area contributed by atoms with Gasteiger partial charge in [-0.15, -0.1) is 0 Å². The third-order valence-electron chi connectivity index (χ3n) is 5.81. The molecule has 1 saturated heterocycles. The maximum absolute atomic E-state index is 12.9. The zero-order chi connectivity index (χ0) is 21.2. The summed E-state index contributed by atoms with van der Waals surface area (Å²) in [6.07, 6.45) is 3.46. The predicted molar refractivity (Wildman–Crippen MR) is 112 cm³/mol. The van der Waals surface area contributed by atoms with E-state index in [1.165, 1.54) is 10.4 Å². The lowest BCUT2D eigenvalue weighted by Gasteiger charge is -2.32. The van der Waals surface area contributed by atoms with Crippen LogP contribution in [0.4, 0.5) is 5.69 Å². The largest absolute Gasteiger partial charge is 0.342 e. The van der Waals surface area contributed by atoms with Crippen LogP contribution in [0, 0.1) is 18.8 Å². The Labute approximate surface area is 173 Å². The van der Waals surface area contributed by atoms with Crippen molar-refractivity contribution in [2.45, 2.75) is 51.3 Å². The van der Waals surface area contributed by atoms with Gasteiger partial charge in [0.15, 0.2) is 0 Å². The van der Waals surface area contributed by atoms with E-state index in [0.29, 0.717) is 30.9 Å². The molecular formula is C21H31N3O4S. The molecule has 1 saturated carbocycles. The van der Waals surface area contributed by atoms with Crippen molar-refractivity contribution in [1.29, 1.82) is 0 Å². The van der Waals surface area contributed by atoms with Gasteiger partial charge in [0.25, 0.3) is 0 Å². The van der Waals surface area contributed by atoms with E-state index in [2.05, 4.69) is 5.32 Å². The smallest absolute Gasteiger partial charge is 0.243 e. The molecule has 2 amide bonds. The molecule has 1 aliphatic heterocycles. The number of hydrogen-bond acceptors (Lipinski definition) is 4. The Balaban J connectivity index is 1.73. The van der Waals surface area contributed by atoms with Crippen molar-refractivity contribution in [2.75, 3.05) is 31.5 Å². The molecule has 1 unspecified atom stereocenters. The van der Waals surface area contributed by atoms with E-state index in [1.54, 1.807) is 32.9 Å². The fourth-order valence-electron chi connectivity index (χ4n) is 3.88. The van der Waals surface area contributed by atoms with Crippen LogP contribution in [0.5, 0.6) is 0 Å². The highest BCUT2D eigenvalue weighted by atomic mass is 32.2. The van der Waals surface area contributed by atoms with E-state index in [1.807, 2.05) is 4.90 Å². The number of carbonyl (C=O) groups excluding carboxylic acids is 2. The minimum absolute atomic E-state index is 0.154. The molecule has 0 bridgehead atoms. The highest BCUT2D eigenvalue weighted by Gasteiger charge is 2.36. The van der Waals surface area contributed by atoms with Crippen molar-refractivity contribution in [3.05, 3.63) is 23.8 Å². The van der Waals surface area contributed by atoms with Gasteiger partial charge in [-0.25, -0.2) is 8.42 Å². The first kappa shape index (κ1) is 21.8. The highest BCUT2D eigenvalue weighted by Crippen LogP contribution is 2.33. The summed E-state index contributed by atoms with van der Waals surface area (Å²) in [6.45, 7) is 7.31. The van der Waals surface area contributed by atoms with Gasteiger partial charge in [0.2, 0.25) is 21.8 Å². The Morgan fingerprint density at radius 1 is 1.14 bits per heavy atom. The van der Waals surface area contributed by atoms with Gasteiger partial charge in [0.1, 0.15) is 0 Å². The van der Waals surface area contributed by atoms with Crippen molar-refractivity contribution in [3.63, 3.8) is 0 Å². The number of aryl methyl sites for hydroxylation is 1. The van der Waals surface area contributed by atoms with Gasteiger partial charge in [-0.1, -0.05) is 19.9 Å². The van der Waals surface area contributed by atoms with E-state index in [0.717, 1.165) is 32.2 Å². The first-order valence-electron chi connectivity index (χ1n) is 10.5. The SMILES string of the molecule is CCN(CC)S(=O)(=O)c1cc(NC(=O)C2CCCN(C(=O)C3CC3)C2)ccc1C. The van der Waals surface area contributed by atoms with E-state index < -0.39 is 10.0 Å². The minimum atomic E-state index is -3.61. The number of benzene rings is 1. The molecule has 1 aliphatic carbocycles. The Morgan fingerprint density at radius 2 is 1.83 bits per heavy atom. The second kappa shape index (κ2) is 8.83. The molecule has 29 heavy (non-hydrogen) atoms. The van der Waals surface area contributed by atoms with Crippen LogP contribution in [0.25, 0.3) is 0 Å². The van der Waals surface area contributed by atoms with Crippen LogP contribution >= 0.6 is 0 Å². The predicted octanol–water partition coefficient (Wildman–Crippen LogP) is 2.61. The number of amides is 2. The van der Waals surface area contributed by atoms with Crippen LogP contribution in [0.15, 0.2) is 23.1 Å². The summed E-state index contributed by atoms with van der Waals surface area (Å²) in [5, 5.41) is 2.87. The zero-order valence-corrected chi connectivity index (χ0v) is 18.3. The van der Waals surface area contributed by atoms with Gasteiger partial charge in [-0.2, -0.15) is 4.31 Å². The van der Waals surface area contributed by atoms with Crippen LogP contribution in [-0.4, -0.2) is 55.6 Å². The fraction of sp³-hybridized carbons (Fsp3) is 0.619. The number of nitrogens with zero attached hydrogens (tertiary/aromatic N) is 2. The zero-order valence-electron chi connectivity index (χ0n) is 17.5. The molecule has 2 aliphatic rings. The van der Waals surface area contributed by atoms with E-state index in [9.17, 15) is 18.0 Å². The van der Waals surface area contributed by atoms with Crippen LogP contribution in [-0.2, 0) is 19.6 Å². The van der Waals surface area contributed by atoms with Crippen molar-refractivity contribution in [1.82, 2.24) is 9.21 Å². The van der Waals surface area contributed by atoms with Crippen LogP contribution in [0.2, 0.25) is 0 Å².